The third kappa shape index (κ3) is 7.35. The van der Waals surface area contributed by atoms with Crippen molar-refractivity contribution in [1.29, 1.82) is 0 Å². The minimum atomic E-state index is -0.525. The second kappa shape index (κ2) is 11.4. The Morgan fingerprint density at radius 3 is 2.42 bits per heavy atom. The van der Waals surface area contributed by atoms with Crippen LogP contribution in [0.5, 0.6) is 0 Å². The van der Waals surface area contributed by atoms with E-state index in [0.717, 1.165) is 32.4 Å². The van der Waals surface area contributed by atoms with Gasteiger partial charge in [-0.15, -0.1) is 0 Å². The zero-order valence-electron chi connectivity index (χ0n) is 15.0. The van der Waals surface area contributed by atoms with Crippen LogP contribution in [-0.4, -0.2) is 34.7 Å². The van der Waals surface area contributed by atoms with Crippen LogP contribution in [0.4, 0.5) is 0 Å². The van der Waals surface area contributed by atoms with E-state index in [-0.39, 0.29) is 23.6 Å². The van der Waals surface area contributed by atoms with Crippen molar-refractivity contribution in [2.24, 2.45) is 0 Å². The number of allylic oxidation sites excluding steroid dienone is 4. The lowest BCUT2D eigenvalue weighted by atomic mass is 10.1. The summed E-state index contributed by atoms with van der Waals surface area (Å²) in [5.41, 5.74) is 0.623. The Kier molecular flexibility index (Phi) is 9.57. The largest absolute Gasteiger partial charge is 0.342 e. The summed E-state index contributed by atoms with van der Waals surface area (Å²) >= 11 is 3.18. The minimum absolute atomic E-state index is 0.0312. The van der Waals surface area contributed by atoms with Crippen molar-refractivity contribution in [3.8, 4) is 0 Å². The Hall–Kier alpha value is -2.22. The summed E-state index contributed by atoms with van der Waals surface area (Å²) in [7, 11) is 0. The van der Waals surface area contributed by atoms with Gasteiger partial charge in [0.15, 0.2) is 0 Å². The molecule has 0 spiro atoms. The molecule has 26 heavy (non-hydrogen) atoms. The average Bonchev–Trinajstić information content (AvgIpc) is 2.64. The smallest absolute Gasteiger partial charge is 0.255 e. The van der Waals surface area contributed by atoms with E-state index in [0.29, 0.717) is 5.70 Å². The van der Waals surface area contributed by atoms with Crippen LogP contribution < -0.4 is 5.32 Å². The third-order valence-electron chi connectivity index (χ3n) is 3.86. The molecular weight excluding hydrogens is 402 g/mol. The van der Waals surface area contributed by atoms with E-state index < -0.39 is 10.8 Å². The summed E-state index contributed by atoms with van der Waals surface area (Å²) in [6.45, 7) is 4.59. The monoisotopic (exact) mass is 425 g/mol. The molecule has 142 valence electrons. The van der Waals surface area contributed by atoms with Gasteiger partial charge in [-0.3, -0.25) is 19.7 Å². The predicted octanol–water partition coefficient (Wildman–Crippen LogP) is 3.42. The molecule has 0 aromatic heterocycles. The van der Waals surface area contributed by atoms with Gasteiger partial charge < -0.3 is 10.2 Å². The fourth-order valence-corrected chi connectivity index (χ4v) is 2.68. The van der Waals surface area contributed by atoms with Gasteiger partial charge in [0.05, 0.1) is 11.3 Å². The number of carbonyl (C=O) groups excluding carboxylic acids is 2. The van der Waals surface area contributed by atoms with Crippen molar-refractivity contribution in [1.82, 2.24) is 10.2 Å². The summed E-state index contributed by atoms with van der Waals surface area (Å²) in [5.74, 6) is -0.469. The molecule has 8 heteroatoms. The zero-order valence-corrected chi connectivity index (χ0v) is 16.6. The lowest BCUT2D eigenvalue weighted by Crippen LogP contribution is -2.37. The zero-order chi connectivity index (χ0) is 19.5. The quantitative estimate of drug-likeness (QED) is 0.292. The van der Waals surface area contributed by atoms with Gasteiger partial charge in [-0.05, 0) is 32.3 Å². The van der Waals surface area contributed by atoms with Gasteiger partial charge in [0.1, 0.15) is 0 Å². The molecule has 1 aliphatic rings. The first kappa shape index (κ1) is 21.8. The number of nitro groups is 1. The fourth-order valence-electron chi connectivity index (χ4n) is 2.40. The fraction of sp³-hybridized carbons (Fsp3) is 0.444. The second-order valence-electron chi connectivity index (χ2n) is 5.89. The first-order chi connectivity index (χ1) is 12.4. The number of likely N-dealkylation sites (tertiary alicyclic amines) is 1. The van der Waals surface area contributed by atoms with Crippen molar-refractivity contribution in [2.45, 2.75) is 39.5 Å². The summed E-state index contributed by atoms with van der Waals surface area (Å²) in [6, 6.07) is 0. The molecule has 1 aliphatic heterocycles. The molecule has 2 amide bonds. The maximum absolute atomic E-state index is 12.4. The lowest BCUT2D eigenvalue weighted by Gasteiger charge is -2.27. The van der Waals surface area contributed by atoms with E-state index in [4.69, 9.17) is 0 Å². The van der Waals surface area contributed by atoms with Crippen LogP contribution in [0.15, 0.2) is 46.3 Å². The number of piperidine rings is 1. The molecule has 0 unspecified atom stereocenters. The Balaban J connectivity index is 2.79. The molecule has 0 aliphatic carbocycles. The Bertz CT molecular complexity index is 659. The Labute approximate surface area is 161 Å². The molecule has 0 radical (unpaired) electrons. The average molecular weight is 426 g/mol. The van der Waals surface area contributed by atoms with Crippen LogP contribution in [0.1, 0.15) is 39.5 Å². The van der Waals surface area contributed by atoms with Crippen LogP contribution in [-0.2, 0) is 9.59 Å². The number of nitrogens with zero attached hydrogens (tertiary/aromatic N) is 2. The van der Waals surface area contributed by atoms with Crippen molar-refractivity contribution < 1.29 is 14.5 Å². The molecule has 0 aromatic rings. The minimum Gasteiger partial charge on any atom is -0.342 e. The predicted molar refractivity (Wildman–Crippen MR) is 104 cm³/mol. The molecule has 0 aromatic carbocycles. The third-order valence-corrected chi connectivity index (χ3v) is 4.41. The molecule has 7 nitrogen and oxygen atoms in total. The maximum Gasteiger partial charge on any atom is 0.255 e. The van der Waals surface area contributed by atoms with Crippen LogP contribution in [0.25, 0.3) is 0 Å². The molecular formula is C18H24BrN3O4. The Morgan fingerprint density at radius 1 is 1.23 bits per heavy atom. The number of hydrogen-bond acceptors (Lipinski definition) is 4. The highest BCUT2D eigenvalue weighted by Crippen LogP contribution is 2.13. The van der Waals surface area contributed by atoms with Gasteiger partial charge in [0, 0.05) is 42.3 Å². The van der Waals surface area contributed by atoms with Gasteiger partial charge in [0.2, 0.25) is 11.6 Å². The van der Waals surface area contributed by atoms with E-state index in [1.54, 1.807) is 24.0 Å². The van der Waals surface area contributed by atoms with Crippen molar-refractivity contribution in [3.63, 3.8) is 0 Å². The van der Waals surface area contributed by atoms with Crippen molar-refractivity contribution in [3.05, 3.63) is 56.4 Å². The van der Waals surface area contributed by atoms with E-state index in [2.05, 4.69) is 21.2 Å². The first-order valence-corrected chi connectivity index (χ1v) is 9.34. The van der Waals surface area contributed by atoms with E-state index in [1.165, 1.54) is 24.1 Å². The Morgan fingerprint density at radius 2 is 1.88 bits per heavy atom. The van der Waals surface area contributed by atoms with Crippen LogP contribution >= 0.6 is 15.9 Å². The molecule has 1 rings (SSSR count). The molecule has 0 atom stereocenters. The molecule has 1 saturated heterocycles. The molecule has 0 saturated carbocycles. The summed E-state index contributed by atoms with van der Waals surface area (Å²) < 4.78 is 0. The van der Waals surface area contributed by atoms with Crippen LogP contribution in [0.3, 0.4) is 0 Å². The van der Waals surface area contributed by atoms with Crippen molar-refractivity contribution in [2.75, 3.05) is 13.1 Å². The van der Waals surface area contributed by atoms with Crippen molar-refractivity contribution >= 4 is 27.7 Å². The number of carbonyl (C=O) groups is 2. The molecule has 0 bridgehead atoms. The standard InChI is InChI=1S/C18H24BrN3O4/c1-3-7-15(9-8-14(2)22(25)26)18(24)20-16(13-19)12-17(23)21-10-5-4-6-11-21/h3,7-9,13H,4-6,10-12H2,1-2H3,(H,20,24)/b7-3-,14-8+,15-9+,16-13+. The SMILES string of the molecule is C\C=C/C(=C\C=C(/C)[N+](=O)[O-])C(=O)N/C(=C/Br)CC(=O)N1CCCCC1. The number of rotatable bonds is 7. The van der Waals surface area contributed by atoms with E-state index >= 15 is 0 Å². The summed E-state index contributed by atoms with van der Waals surface area (Å²) in [5, 5.41) is 13.4. The van der Waals surface area contributed by atoms with Crippen LogP contribution in [0, 0.1) is 10.1 Å². The topological polar surface area (TPSA) is 92.5 Å². The van der Waals surface area contributed by atoms with Gasteiger partial charge in [0.25, 0.3) is 5.91 Å². The highest BCUT2D eigenvalue weighted by Gasteiger charge is 2.19. The second-order valence-corrected chi connectivity index (χ2v) is 6.35. The van der Waals surface area contributed by atoms with Gasteiger partial charge in [-0.25, -0.2) is 0 Å². The summed E-state index contributed by atoms with van der Waals surface area (Å²) in [6.07, 6.45) is 9.09. The molecule has 1 N–H and O–H groups in total. The maximum atomic E-state index is 12.4. The van der Waals surface area contributed by atoms with Crippen LogP contribution in [0.2, 0.25) is 0 Å². The lowest BCUT2D eigenvalue weighted by molar-refractivity contribution is -0.424. The highest BCUT2D eigenvalue weighted by molar-refractivity contribution is 9.11. The van der Waals surface area contributed by atoms with E-state index in [1.807, 2.05) is 0 Å². The normalized spacial score (nSPS) is 16.7. The van der Waals surface area contributed by atoms with Gasteiger partial charge >= 0.3 is 0 Å². The molecule has 1 fully saturated rings. The van der Waals surface area contributed by atoms with Gasteiger partial charge in [-0.1, -0.05) is 28.1 Å². The highest BCUT2D eigenvalue weighted by atomic mass is 79.9. The number of amides is 2. The molecule has 1 heterocycles. The van der Waals surface area contributed by atoms with Gasteiger partial charge in [-0.2, -0.15) is 0 Å². The number of hydrogen-bond donors (Lipinski definition) is 1. The number of halogens is 1. The first-order valence-electron chi connectivity index (χ1n) is 8.43. The number of nitrogens with one attached hydrogen (secondary N) is 1. The summed E-state index contributed by atoms with van der Waals surface area (Å²) in [4.78, 5) is 38.2. The van der Waals surface area contributed by atoms with E-state index in [9.17, 15) is 19.7 Å².